The van der Waals surface area contributed by atoms with E-state index < -0.39 is 17.9 Å². The van der Waals surface area contributed by atoms with E-state index in [1.807, 2.05) is 0 Å². The molecule has 7 heteroatoms. The van der Waals surface area contributed by atoms with Gasteiger partial charge in [0, 0.05) is 13.0 Å². The first-order valence-corrected chi connectivity index (χ1v) is 4.84. The third kappa shape index (κ3) is 7.89. The van der Waals surface area contributed by atoms with Gasteiger partial charge in [-0.3, -0.25) is 9.59 Å². The molecule has 4 N–H and O–H groups in total. The fourth-order valence-electron chi connectivity index (χ4n) is 0.919. The first-order valence-electron chi connectivity index (χ1n) is 4.84. The lowest BCUT2D eigenvalue weighted by atomic mass is 10.1. The molecule has 1 amide bonds. The Hall–Kier alpha value is -1.47. The van der Waals surface area contributed by atoms with E-state index in [0.29, 0.717) is 6.29 Å². The van der Waals surface area contributed by atoms with Crippen LogP contribution in [-0.2, 0) is 19.1 Å². The number of carbonyl (C=O) groups excluding carboxylic acids is 2. The average Bonchev–Trinajstić information content (AvgIpc) is 2.25. The maximum atomic E-state index is 11.2. The number of hydrogen-bond donors (Lipinski definition) is 3. The van der Waals surface area contributed by atoms with Crippen molar-refractivity contribution in [2.75, 3.05) is 19.8 Å². The molecule has 0 bridgehead atoms. The molecule has 0 aliphatic rings. The fraction of sp³-hybridized carbons (Fsp3) is 0.667. The number of hydrogen-bond acceptors (Lipinski definition) is 5. The fourth-order valence-corrected chi connectivity index (χ4v) is 0.919. The van der Waals surface area contributed by atoms with Gasteiger partial charge < -0.3 is 25.7 Å². The number of amides is 1. The number of carboxylic acids is 1. The molecule has 16 heavy (non-hydrogen) atoms. The summed E-state index contributed by atoms with van der Waals surface area (Å²) in [6, 6.07) is -0.831. The van der Waals surface area contributed by atoms with Gasteiger partial charge in [-0.15, -0.1) is 0 Å². The lowest BCUT2D eigenvalue weighted by molar-refractivity contribution is -0.137. The molecule has 0 aliphatic heterocycles. The highest BCUT2D eigenvalue weighted by Crippen LogP contribution is 1.94. The zero-order valence-electron chi connectivity index (χ0n) is 8.85. The summed E-state index contributed by atoms with van der Waals surface area (Å²) in [5, 5.41) is 10.8. The minimum absolute atomic E-state index is 0.0130. The van der Waals surface area contributed by atoms with Crippen molar-refractivity contribution in [1.82, 2.24) is 5.32 Å². The number of carbonyl (C=O) groups is 3. The number of aliphatic carboxylic acids is 1. The first-order chi connectivity index (χ1) is 7.57. The maximum absolute atomic E-state index is 11.2. The summed E-state index contributed by atoms with van der Waals surface area (Å²) in [5.41, 5.74) is 5.43. The van der Waals surface area contributed by atoms with Gasteiger partial charge in [0.05, 0.1) is 12.6 Å². The molecule has 0 unspecified atom stereocenters. The number of aldehydes is 1. The van der Waals surface area contributed by atoms with Crippen LogP contribution in [0.5, 0.6) is 0 Å². The second-order valence-corrected chi connectivity index (χ2v) is 3.07. The molecule has 0 saturated carbocycles. The zero-order valence-corrected chi connectivity index (χ0v) is 8.85. The highest BCUT2D eigenvalue weighted by molar-refractivity contribution is 5.82. The van der Waals surface area contributed by atoms with Gasteiger partial charge in [-0.05, 0) is 6.42 Å². The van der Waals surface area contributed by atoms with Gasteiger partial charge in [0.15, 0.2) is 0 Å². The predicted octanol–water partition coefficient (Wildman–Crippen LogP) is -1.49. The standard InChI is InChI=1S/C9H16N2O5/c10-7(1-2-8(13)14)9(15)11-3-5-16-6-4-12/h4,7H,1-3,5-6,10H2,(H,11,15)(H,13,14)/t7-/m1/s1. The summed E-state index contributed by atoms with van der Waals surface area (Å²) in [6.07, 6.45) is 0.563. The number of carboxylic acid groups (broad SMARTS) is 1. The molecule has 0 aromatic heterocycles. The van der Waals surface area contributed by atoms with Crippen LogP contribution < -0.4 is 11.1 Å². The van der Waals surface area contributed by atoms with Crippen molar-refractivity contribution in [3.8, 4) is 0 Å². The molecule has 0 fully saturated rings. The van der Waals surface area contributed by atoms with E-state index in [1.54, 1.807) is 0 Å². The molecule has 0 heterocycles. The van der Waals surface area contributed by atoms with Crippen LogP contribution in [0.15, 0.2) is 0 Å². The number of nitrogens with two attached hydrogens (primary N) is 1. The zero-order chi connectivity index (χ0) is 12.4. The minimum Gasteiger partial charge on any atom is -0.481 e. The van der Waals surface area contributed by atoms with Gasteiger partial charge in [0.1, 0.15) is 12.9 Å². The van der Waals surface area contributed by atoms with Crippen LogP contribution >= 0.6 is 0 Å². The molecule has 0 aromatic rings. The molecular formula is C9H16N2O5. The highest BCUT2D eigenvalue weighted by Gasteiger charge is 2.13. The lowest BCUT2D eigenvalue weighted by Gasteiger charge is -2.10. The monoisotopic (exact) mass is 232 g/mol. The summed E-state index contributed by atoms with van der Waals surface area (Å²) < 4.78 is 4.79. The molecule has 0 aromatic carbocycles. The quantitative estimate of drug-likeness (QED) is 0.329. The summed E-state index contributed by atoms with van der Waals surface area (Å²) in [7, 11) is 0. The van der Waals surface area contributed by atoms with Gasteiger partial charge in [0.2, 0.25) is 5.91 Å². The second kappa shape index (κ2) is 8.81. The van der Waals surface area contributed by atoms with Crippen LogP contribution in [0.2, 0.25) is 0 Å². The van der Waals surface area contributed by atoms with E-state index >= 15 is 0 Å². The highest BCUT2D eigenvalue weighted by atomic mass is 16.5. The van der Waals surface area contributed by atoms with E-state index in [1.165, 1.54) is 0 Å². The van der Waals surface area contributed by atoms with Crippen molar-refractivity contribution in [1.29, 1.82) is 0 Å². The third-order valence-electron chi connectivity index (χ3n) is 1.74. The van der Waals surface area contributed by atoms with Gasteiger partial charge in [-0.2, -0.15) is 0 Å². The van der Waals surface area contributed by atoms with Gasteiger partial charge >= 0.3 is 5.97 Å². The van der Waals surface area contributed by atoms with E-state index in [0.717, 1.165) is 0 Å². The number of ether oxygens (including phenoxy) is 1. The Morgan fingerprint density at radius 1 is 1.50 bits per heavy atom. The topological polar surface area (TPSA) is 119 Å². The van der Waals surface area contributed by atoms with Gasteiger partial charge in [-0.1, -0.05) is 0 Å². The molecule has 0 radical (unpaired) electrons. The Labute approximate surface area is 92.9 Å². The average molecular weight is 232 g/mol. The van der Waals surface area contributed by atoms with Crippen molar-refractivity contribution in [3.63, 3.8) is 0 Å². The van der Waals surface area contributed by atoms with Crippen molar-refractivity contribution in [2.45, 2.75) is 18.9 Å². The molecule has 7 nitrogen and oxygen atoms in total. The van der Waals surface area contributed by atoms with Crippen molar-refractivity contribution >= 4 is 18.2 Å². The smallest absolute Gasteiger partial charge is 0.303 e. The summed E-state index contributed by atoms with van der Waals surface area (Å²) >= 11 is 0. The van der Waals surface area contributed by atoms with Crippen molar-refractivity contribution < 1.29 is 24.2 Å². The second-order valence-electron chi connectivity index (χ2n) is 3.07. The van der Waals surface area contributed by atoms with E-state index in [2.05, 4.69) is 5.32 Å². The van der Waals surface area contributed by atoms with E-state index in [-0.39, 0.29) is 32.6 Å². The van der Waals surface area contributed by atoms with Crippen LogP contribution in [0.25, 0.3) is 0 Å². The predicted molar refractivity (Wildman–Crippen MR) is 54.7 cm³/mol. The Morgan fingerprint density at radius 2 is 2.19 bits per heavy atom. The number of nitrogens with one attached hydrogen (secondary N) is 1. The summed E-state index contributed by atoms with van der Waals surface area (Å²) in [4.78, 5) is 31.3. The van der Waals surface area contributed by atoms with Crippen LogP contribution in [-0.4, -0.2) is 49.1 Å². The Balaban J connectivity index is 3.54. The largest absolute Gasteiger partial charge is 0.481 e. The maximum Gasteiger partial charge on any atom is 0.303 e. The molecule has 92 valence electrons. The van der Waals surface area contributed by atoms with Crippen molar-refractivity contribution in [2.24, 2.45) is 5.73 Å². The summed E-state index contributed by atoms with van der Waals surface area (Å²) in [6.45, 7) is 0.449. The Kier molecular flexibility index (Phi) is 8.00. The van der Waals surface area contributed by atoms with Gasteiger partial charge in [-0.25, -0.2) is 0 Å². The van der Waals surface area contributed by atoms with Crippen LogP contribution in [0.1, 0.15) is 12.8 Å². The van der Waals surface area contributed by atoms with Crippen LogP contribution in [0, 0.1) is 0 Å². The first kappa shape index (κ1) is 14.5. The normalized spacial score (nSPS) is 11.8. The van der Waals surface area contributed by atoms with Gasteiger partial charge in [0.25, 0.3) is 0 Å². The van der Waals surface area contributed by atoms with Crippen LogP contribution in [0.3, 0.4) is 0 Å². The molecule has 0 spiro atoms. The lowest BCUT2D eigenvalue weighted by Crippen LogP contribution is -2.42. The molecular weight excluding hydrogens is 216 g/mol. The molecule has 0 aliphatic carbocycles. The van der Waals surface area contributed by atoms with E-state index in [4.69, 9.17) is 15.6 Å². The molecule has 1 atom stereocenters. The Bertz CT molecular complexity index is 244. The Morgan fingerprint density at radius 3 is 2.75 bits per heavy atom. The SMILES string of the molecule is N[C@H](CCC(=O)O)C(=O)NCCOCC=O. The van der Waals surface area contributed by atoms with Crippen molar-refractivity contribution in [3.05, 3.63) is 0 Å². The number of rotatable bonds is 9. The molecule has 0 saturated heterocycles. The minimum atomic E-state index is -0.988. The van der Waals surface area contributed by atoms with Crippen LogP contribution in [0.4, 0.5) is 0 Å². The summed E-state index contributed by atoms with van der Waals surface area (Å²) in [5.74, 6) is -1.41. The third-order valence-corrected chi connectivity index (χ3v) is 1.74. The van der Waals surface area contributed by atoms with E-state index in [9.17, 15) is 14.4 Å². The molecule has 0 rings (SSSR count).